The summed E-state index contributed by atoms with van der Waals surface area (Å²) in [5.41, 5.74) is 0.578. The molecule has 1 heterocycles. The smallest absolute Gasteiger partial charge is 0.0431 e. The van der Waals surface area contributed by atoms with Crippen molar-refractivity contribution in [3.05, 3.63) is 0 Å². The summed E-state index contributed by atoms with van der Waals surface area (Å²) in [6.45, 7) is 9.66. The molecule has 0 radical (unpaired) electrons. The van der Waals surface area contributed by atoms with Gasteiger partial charge in [-0.3, -0.25) is 0 Å². The number of nitrogens with one attached hydrogen (secondary N) is 1. The number of unbranched alkanes of at least 4 members (excludes halogenated alkanes) is 3. The summed E-state index contributed by atoms with van der Waals surface area (Å²) in [6, 6.07) is 0. The molecule has 1 fully saturated rings. The Bertz CT molecular complexity index is 207. The van der Waals surface area contributed by atoms with E-state index in [0.29, 0.717) is 6.61 Å². The van der Waals surface area contributed by atoms with Crippen molar-refractivity contribution in [1.29, 1.82) is 0 Å². The molecule has 0 amide bonds. The standard InChI is InChI=1S/C15H31NO/c1-14(2)11-13(12-15(3,4)16-14)9-7-5-6-8-10-17/h13,16-17H,5-12H2,1-4H3. The first-order chi connectivity index (χ1) is 7.85. The molecule has 102 valence electrons. The van der Waals surface area contributed by atoms with E-state index in [1.165, 1.54) is 38.5 Å². The quantitative estimate of drug-likeness (QED) is 0.698. The third kappa shape index (κ3) is 5.87. The van der Waals surface area contributed by atoms with Crippen LogP contribution in [0.1, 0.15) is 72.6 Å². The molecule has 0 aliphatic carbocycles. The first-order valence-electron chi connectivity index (χ1n) is 7.25. The maximum absolute atomic E-state index is 8.74. The van der Waals surface area contributed by atoms with Gasteiger partial charge in [-0.25, -0.2) is 0 Å². The Morgan fingerprint density at radius 1 is 0.941 bits per heavy atom. The lowest BCUT2D eigenvalue weighted by Gasteiger charge is -2.46. The molecule has 17 heavy (non-hydrogen) atoms. The highest BCUT2D eigenvalue weighted by molar-refractivity contribution is 4.96. The van der Waals surface area contributed by atoms with E-state index >= 15 is 0 Å². The van der Waals surface area contributed by atoms with Crippen LogP contribution in [0.2, 0.25) is 0 Å². The lowest BCUT2D eigenvalue weighted by Crippen LogP contribution is -2.57. The number of hydrogen-bond donors (Lipinski definition) is 2. The van der Waals surface area contributed by atoms with Crippen molar-refractivity contribution in [3.8, 4) is 0 Å². The van der Waals surface area contributed by atoms with Crippen LogP contribution in [-0.4, -0.2) is 22.8 Å². The van der Waals surface area contributed by atoms with Gasteiger partial charge in [-0.2, -0.15) is 0 Å². The fourth-order valence-electron chi connectivity index (χ4n) is 3.64. The molecule has 1 saturated heterocycles. The highest BCUT2D eigenvalue weighted by atomic mass is 16.2. The third-order valence-electron chi connectivity index (χ3n) is 3.80. The van der Waals surface area contributed by atoms with E-state index in [1.54, 1.807) is 0 Å². The Kier molecular flexibility index (Phi) is 5.46. The Labute approximate surface area is 107 Å². The molecule has 0 atom stereocenters. The van der Waals surface area contributed by atoms with Crippen LogP contribution in [0.25, 0.3) is 0 Å². The SMILES string of the molecule is CC1(C)CC(CCCCCCO)CC(C)(C)N1. The van der Waals surface area contributed by atoms with Crippen LogP contribution in [0.15, 0.2) is 0 Å². The Morgan fingerprint density at radius 2 is 1.47 bits per heavy atom. The molecule has 0 spiro atoms. The largest absolute Gasteiger partial charge is 0.396 e. The fourth-order valence-corrected chi connectivity index (χ4v) is 3.64. The monoisotopic (exact) mass is 241 g/mol. The Hall–Kier alpha value is -0.0800. The first-order valence-corrected chi connectivity index (χ1v) is 7.25. The van der Waals surface area contributed by atoms with Crippen LogP contribution in [0, 0.1) is 5.92 Å². The summed E-state index contributed by atoms with van der Waals surface area (Å²) >= 11 is 0. The van der Waals surface area contributed by atoms with Crippen molar-refractivity contribution >= 4 is 0 Å². The molecule has 1 aliphatic heterocycles. The second-order valence-corrected chi connectivity index (χ2v) is 7.09. The van der Waals surface area contributed by atoms with Crippen LogP contribution in [-0.2, 0) is 0 Å². The van der Waals surface area contributed by atoms with Gasteiger partial charge in [0.15, 0.2) is 0 Å². The number of aliphatic hydroxyl groups is 1. The summed E-state index contributed by atoms with van der Waals surface area (Å²) < 4.78 is 0. The highest BCUT2D eigenvalue weighted by Gasteiger charge is 2.36. The first kappa shape index (κ1) is 15.0. The minimum Gasteiger partial charge on any atom is -0.396 e. The minimum absolute atomic E-state index is 0.289. The lowest BCUT2D eigenvalue weighted by atomic mass is 9.74. The van der Waals surface area contributed by atoms with Gasteiger partial charge in [-0.05, 0) is 52.9 Å². The summed E-state index contributed by atoms with van der Waals surface area (Å²) in [5.74, 6) is 0.871. The second-order valence-electron chi connectivity index (χ2n) is 7.09. The van der Waals surface area contributed by atoms with E-state index in [9.17, 15) is 0 Å². The van der Waals surface area contributed by atoms with Gasteiger partial charge in [0.1, 0.15) is 0 Å². The van der Waals surface area contributed by atoms with Crippen LogP contribution >= 0.6 is 0 Å². The molecule has 0 unspecified atom stereocenters. The van der Waals surface area contributed by atoms with Gasteiger partial charge < -0.3 is 10.4 Å². The summed E-state index contributed by atoms with van der Waals surface area (Å²) in [7, 11) is 0. The van der Waals surface area contributed by atoms with E-state index in [2.05, 4.69) is 33.0 Å². The van der Waals surface area contributed by atoms with E-state index in [-0.39, 0.29) is 11.1 Å². The number of rotatable bonds is 6. The zero-order valence-electron chi connectivity index (χ0n) is 12.2. The average molecular weight is 241 g/mol. The van der Waals surface area contributed by atoms with E-state index < -0.39 is 0 Å². The van der Waals surface area contributed by atoms with Crippen LogP contribution < -0.4 is 5.32 Å². The van der Waals surface area contributed by atoms with Gasteiger partial charge in [0.25, 0.3) is 0 Å². The molecule has 0 aromatic carbocycles. The van der Waals surface area contributed by atoms with Crippen molar-refractivity contribution < 1.29 is 5.11 Å². The molecular formula is C15H31NO. The van der Waals surface area contributed by atoms with Gasteiger partial charge in [0, 0.05) is 17.7 Å². The maximum Gasteiger partial charge on any atom is 0.0431 e. The van der Waals surface area contributed by atoms with Crippen molar-refractivity contribution in [2.24, 2.45) is 5.92 Å². The summed E-state index contributed by atoms with van der Waals surface area (Å²) in [6.07, 6.45) is 8.74. The van der Waals surface area contributed by atoms with Gasteiger partial charge in [0.2, 0.25) is 0 Å². The molecule has 0 saturated carbocycles. The van der Waals surface area contributed by atoms with E-state index in [1.807, 2.05) is 0 Å². The molecule has 2 nitrogen and oxygen atoms in total. The maximum atomic E-state index is 8.74. The van der Waals surface area contributed by atoms with Crippen LogP contribution in [0.3, 0.4) is 0 Å². The molecule has 1 aliphatic rings. The molecule has 0 bridgehead atoms. The van der Waals surface area contributed by atoms with Gasteiger partial charge in [-0.1, -0.05) is 25.7 Å². The zero-order valence-corrected chi connectivity index (χ0v) is 12.2. The Morgan fingerprint density at radius 3 is 2.00 bits per heavy atom. The number of aliphatic hydroxyl groups excluding tert-OH is 1. The van der Waals surface area contributed by atoms with Gasteiger partial charge in [0.05, 0.1) is 0 Å². The number of hydrogen-bond acceptors (Lipinski definition) is 2. The van der Waals surface area contributed by atoms with Crippen LogP contribution in [0.5, 0.6) is 0 Å². The molecule has 1 rings (SSSR count). The van der Waals surface area contributed by atoms with Crippen molar-refractivity contribution in [2.45, 2.75) is 83.7 Å². The van der Waals surface area contributed by atoms with Gasteiger partial charge in [-0.15, -0.1) is 0 Å². The zero-order chi connectivity index (χ0) is 12.9. The van der Waals surface area contributed by atoms with Gasteiger partial charge >= 0.3 is 0 Å². The number of piperidine rings is 1. The van der Waals surface area contributed by atoms with E-state index in [4.69, 9.17) is 5.11 Å². The van der Waals surface area contributed by atoms with Crippen LogP contribution in [0.4, 0.5) is 0 Å². The molecule has 2 N–H and O–H groups in total. The normalized spacial score (nSPS) is 23.8. The van der Waals surface area contributed by atoms with Crippen molar-refractivity contribution in [2.75, 3.05) is 6.61 Å². The van der Waals surface area contributed by atoms with E-state index in [0.717, 1.165) is 12.3 Å². The average Bonchev–Trinajstić information content (AvgIpc) is 2.12. The lowest BCUT2D eigenvalue weighted by molar-refractivity contribution is 0.122. The van der Waals surface area contributed by atoms with Crippen molar-refractivity contribution in [1.82, 2.24) is 5.32 Å². The predicted octanol–water partition coefficient (Wildman–Crippen LogP) is 3.49. The summed E-state index contributed by atoms with van der Waals surface area (Å²) in [4.78, 5) is 0. The Balaban J connectivity index is 2.28. The highest BCUT2D eigenvalue weighted by Crippen LogP contribution is 2.35. The third-order valence-corrected chi connectivity index (χ3v) is 3.80. The molecular weight excluding hydrogens is 210 g/mol. The topological polar surface area (TPSA) is 32.3 Å². The molecule has 0 aromatic heterocycles. The molecule has 0 aromatic rings. The summed E-state index contributed by atoms with van der Waals surface area (Å²) in [5, 5.41) is 12.5. The minimum atomic E-state index is 0.289. The fraction of sp³-hybridized carbons (Fsp3) is 1.00. The second kappa shape index (κ2) is 6.19. The van der Waals surface area contributed by atoms with Crippen molar-refractivity contribution in [3.63, 3.8) is 0 Å². The molecule has 2 heteroatoms. The predicted molar refractivity (Wildman–Crippen MR) is 74.2 cm³/mol.